The number of halogens is 1. The van der Waals surface area contributed by atoms with Gasteiger partial charge in [-0.3, -0.25) is 9.69 Å². The van der Waals surface area contributed by atoms with Crippen molar-refractivity contribution in [3.8, 4) is 11.5 Å². The highest BCUT2D eigenvalue weighted by Gasteiger charge is 2.26. The molecule has 0 radical (unpaired) electrons. The number of methoxy groups -OCH3 is 1. The Labute approximate surface area is 165 Å². The molecule has 0 bridgehead atoms. The first kappa shape index (κ1) is 19.5. The maximum atomic E-state index is 12.7. The van der Waals surface area contributed by atoms with Gasteiger partial charge >= 0.3 is 0 Å². The summed E-state index contributed by atoms with van der Waals surface area (Å²) in [6, 6.07) is 15.2. The molecule has 27 heavy (non-hydrogen) atoms. The van der Waals surface area contributed by atoms with Crippen LogP contribution in [0.25, 0.3) is 0 Å². The van der Waals surface area contributed by atoms with Crippen molar-refractivity contribution in [2.45, 2.75) is 19.6 Å². The van der Waals surface area contributed by atoms with E-state index >= 15 is 0 Å². The Morgan fingerprint density at radius 2 is 1.59 bits per heavy atom. The molecule has 0 spiro atoms. The summed E-state index contributed by atoms with van der Waals surface area (Å²) >= 11 is 5.94. The molecule has 2 aromatic carbocycles. The van der Waals surface area contributed by atoms with Crippen LogP contribution in [0, 0.1) is 0 Å². The average molecular weight is 389 g/mol. The van der Waals surface area contributed by atoms with Gasteiger partial charge < -0.3 is 14.4 Å². The van der Waals surface area contributed by atoms with Crippen LogP contribution in [0.5, 0.6) is 11.5 Å². The molecule has 0 aliphatic carbocycles. The van der Waals surface area contributed by atoms with Crippen LogP contribution < -0.4 is 9.47 Å². The van der Waals surface area contributed by atoms with Crippen LogP contribution in [-0.4, -0.2) is 55.1 Å². The lowest BCUT2D eigenvalue weighted by atomic mass is 10.2. The summed E-state index contributed by atoms with van der Waals surface area (Å²) in [6.45, 7) is 5.79. The summed E-state index contributed by atoms with van der Waals surface area (Å²) in [6.07, 6.45) is -0.513. The van der Waals surface area contributed by atoms with Gasteiger partial charge in [0.1, 0.15) is 11.5 Å². The van der Waals surface area contributed by atoms with Crippen LogP contribution in [0.2, 0.25) is 5.02 Å². The second kappa shape index (κ2) is 9.11. The number of piperazine rings is 1. The highest BCUT2D eigenvalue weighted by Crippen LogP contribution is 2.19. The highest BCUT2D eigenvalue weighted by molar-refractivity contribution is 6.30. The van der Waals surface area contributed by atoms with Gasteiger partial charge in [0.25, 0.3) is 5.91 Å². The number of rotatable bonds is 6. The minimum atomic E-state index is -0.513. The van der Waals surface area contributed by atoms with Crippen molar-refractivity contribution in [3.05, 3.63) is 59.1 Å². The number of nitrogens with zero attached hydrogens (tertiary/aromatic N) is 2. The zero-order valence-electron chi connectivity index (χ0n) is 15.7. The Morgan fingerprint density at radius 1 is 1.00 bits per heavy atom. The quantitative estimate of drug-likeness (QED) is 0.760. The minimum Gasteiger partial charge on any atom is -0.497 e. The Balaban J connectivity index is 1.47. The minimum absolute atomic E-state index is 0.0250. The van der Waals surface area contributed by atoms with Crippen molar-refractivity contribution >= 4 is 17.5 Å². The molecule has 0 aromatic heterocycles. The molecule has 6 heteroatoms. The maximum Gasteiger partial charge on any atom is 0.263 e. The number of carbonyl (C=O) groups is 1. The standard InChI is InChI=1S/C21H25ClN2O3/c1-16(27-20-9-7-19(26-2)8-10-20)21(25)24-13-11-23(12-14-24)15-17-3-5-18(22)6-4-17/h3-10,16H,11-15H2,1-2H3. The van der Waals surface area contributed by atoms with E-state index in [1.165, 1.54) is 5.56 Å². The summed E-state index contributed by atoms with van der Waals surface area (Å²) in [5.41, 5.74) is 1.23. The number of amides is 1. The summed E-state index contributed by atoms with van der Waals surface area (Å²) in [7, 11) is 1.62. The molecule has 1 atom stereocenters. The van der Waals surface area contributed by atoms with E-state index in [1.807, 2.05) is 53.4 Å². The third-order valence-electron chi connectivity index (χ3n) is 4.72. The van der Waals surface area contributed by atoms with Gasteiger partial charge in [-0.15, -0.1) is 0 Å². The van der Waals surface area contributed by atoms with Crippen LogP contribution >= 0.6 is 11.6 Å². The normalized spacial score (nSPS) is 16.0. The molecule has 1 unspecified atom stereocenters. The first-order valence-corrected chi connectivity index (χ1v) is 9.49. The molecule has 1 amide bonds. The molecular weight excluding hydrogens is 364 g/mol. The van der Waals surface area contributed by atoms with E-state index < -0.39 is 6.10 Å². The molecule has 5 nitrogen and oxygen atoms in total. The van der Waals surface area contributed by atoms with Crippen LogP contribution in [0.1, 0.15) is 12.5 Å². The molecule has 2 aromatic rings. The first-order chi connectivity index (χ1) is 13.0. The molecular formula is C21H25ClN2O3. The van der Waals surface area contributed by atoms with E-state index in [9.17, 15) is 4.79 Å². The van der Waals surface area contributed by atoms with Gasteiger partial charge in [0, 0.05) is 37.7 Å². The summed E-state index contributed by atoms with van der Waals surface area (Å²) in [4.78, 5) is 16.9. The van der Waals surface area contributed by atoms with Crippen molar-refractivity contribution < 1.29 is 14.3 Å². The predicted molar refractivity (Wildman–Crippen MR) is 106 cm³/mol. The van der Waals surface area contributed by atoms with Crippen molar-refractivity contribution in [1.82, 2.24) is 9.80 Å². The number of ether oxygens (including phenoxy) is 2. The van der Waals surface area contributed by atoms with E-state index in [-0.39, 0.29) is 5.91 Å². The molecule has 0 N–H and O–H groups in total. The molecule has 1 aliphatic rings. The third-order valence-corrected chi connectivity index (χ3v) is 4.98. The van der Waals surface area contributed by atoms with E-state index in [1.54, 1.807) is 14.0 Å². The zero-order chi connectivity index (χ0) is 19.2. The van der Waals surface area contributed by atoms with Crippen LogP contribution in [0.4, 0.5) is 0 Å². The zero-order valence-corrected chi connectivity index (χ0v) is 16.5. The molecule has 1 fully saturated rings. The summed E-state index contributed by atoms with van der Waals surface area (Å²) < 4.78 is 10.9. The van der Waals surface area contributed by atoms with E-state index in [2.05, 4.69) is 4.90 Å². The van der Waals surface area contributed by atoms with Crippen LogP contribution in [0.3, 0.4) is 0 Å². The number of hydrogen-bond donors (Lipinski definition) is 0. The fourth-order valence-electron chi connectivity index (χ4n) is 3.14. The van der Waals surface area contributed by atoms with Gasteiger partial charge in [0.15, 0.2) is 6.10 Å². The van der Waals surface area contributed by atoms with Crippen molar-refractivity contribution in [3.63, 3.8) is 0 Å². The number of hydrogen-bond acceptors (Lipinski definition) is 4. The van der Waals surface area contributed by atoms with E-state index in [0.29, 0.717) is 18.8 Å². The fourth-order valence-corrected chi connectivity index (χ4v) is 3.27. The monoisotopic (exact) mass is 388 g/mol. The SMILES string of the molecule is COc1ccc(OC(C)C(=O)N2CCN(Cc3ccc(Cl)cc3)CC2)cc1. The largest absolute Gasteiger partial charge is 0.497 e. The number of carbonyl (C=O) groups excluding carboxylic acids is 1. The number of benzene rings is 2. The second-order valence-electron chi connectivity index (χ2n) is 6.66. The van der Waals surface area contributed by atoms with Crippen LogP contribution in [0.15, 0.2) is 48.5 Å². The lowest BCUT2D eigenvalue weighted by Gasteiger charge is -2.35. The van der Waals surface area contributed by atoms with Crippen molar-refractivity contribution in [2.75, 3.05) is 33.3 Å². The van der Waals surface area contributed by atoms with Gasteiger partial charge in [-0.05, 0) is 48.9 Å². The lowest BCUT2D eigenvalue weighted by Crippen LogP contribution is -2.51. The lowest BCUT2D eigenvalue weighted by molar-refractivity contribution is -0.139. The molecule has 1 aliphatic heterocycles. The van der Waals surface area contributed by atoms with Crippen LogP contribution in [-0.2, 0) is 11.3 Å². The summed E-state index contributed by atoms with van der Waals surface area (Å²) in [5.74, 6) is 1.45. The second-order valence-corrected chi connectivity index (χ2v) is 7.10. The Bertz CT molecular complexity index is 741. The average Bonchev–Trinajstić information content (AvgIpc) is 2.70. The maximum absolute atomic E-state index is 12.7. The topological polar surface area (TPSA) is 42.0 Å². The molecule has 1 saturated heterocycles. The molecule has 144 valence electrons. The molecule has 0 saturated carbocycles. The smallest absolute Gasteiger partial charge is 0.263 e. The van der Waals surface area contributed by atoms with Gasteiger partial charge in [-0.2, -0.15) is 0 Å². The predicted octanol–water partition coefficient (Wildman–Crippen LogP) is 3.46. The third kappa shape index (κ3) is 5.37. The van der Waals surface area contributed by atoms with E-state index in [4.69, 9.17) is 21.1 Å². The first-order valence-electron chi connectivity index (χ1n) is 9.11. The van der Waals surface area contributed by atoms with Gasteiger partial charge in [0.2, 0.25) is 0 Å². The Morgan fingerprint density at radius 3 is 2.19 bits per heavy atom. The molecule has 3 rings (SSSR count). The highest BCUT2D eigenvalue weighted by atomic mass is 35.5. The van der Waals surface area contributed by atoms with E-state index in [0.717, 1.165) is 30.4 Å². The Hall–Kier alpha value is -2.24. The molecule has 1 heterocycles. The van der Waals surface area contributed by atoms with Gasteiger partial charge in [-0.25, -0.2) is 0 Å². The van der Waals surface area contributed by atoms with Crippen molar-refractivity contribution in [1.29, 1.82) is 0 Å². The fraction of sp³-hybridized carbons (Fsp3) is 0.381. The Kier molecular flexibility index (Phi) is 6.58. The van der Waals surface area contributed by atoms with Crippen molar-refractivity contribution in [2.24, 2.45) is 0 Å². The summed E-state index contributed by atoms with van der Waals surface area (Å²) in [5, 5.41) is 0.750. The van der Waals surface area contributed by atoms with Gasteiger partial charge in [-0.1, -0.05) is 23.7 Å². The van der Waals surface area contributed by atoms with Gasteiger partial charge in [0.05, 0.1) is 7.11 Å².